The van der Waals surface area contributed by atoms with Crippen molar-refractivity contribution in [2.24, 2.45) is 0 Å². The number of alkyl halides is 6. The lowest BCUT2D eigenvalue weighted by Gasteiger charge is -2.22. The standard InChI is InChI=1S/C7H5F6N3/c8-5(9)1-2-6(10,11)16-3-14-15-4(16)7(5,12)13/h3H,1-2H2. The van der Waals surface area contributed by atoms with Crippen LogP contribution in [-0.2, 0) is 12.0 Å². The van der Waals surface area contributed by atoms with Gasteiger partial charge in [0.05, 0.1) is 0 Å². The number of aromatic nitrogens is 3. The second kappa shape index (κ2) is 2.89. The summed E-state index contributed by atoms with van der Waals surface area (Å²) in [6.07, 6.45) is -2.68. The molecule has 2 heterocycles. The van der Waals surface area contributed by atoms with Gasteiger partial charge in [0.15, 0.2) is 0 Å². The van der Waals surface area contributed by atoms with E-state index in [1.54, 1.807) is 0 Å². The molecule has 0 spiro atoms. The minimum absolute atomic E-state index is 0.298. The van der Waals surface area contributed by atoms with Gasteiger partial charge in [0.25, 0.3) is 0 Å². The second-order valence-electron chi connectivity index (χ2n) is 3.47. The van der Waals surface area contributed by atoms with Gasteiger partial charge in [0.1, 0.15) is 6.33 Å². The van der Waals surface area contributed by atoms with Crippen molar-refractivity contribution in [3.8, 4) is 0 Å². The Balaban J connectivity index is 2.64. The molecule has 2 rings (SSSR count). The van der Waals surface area contributed by atoms with E-state index in [1.807, 2.05) is 0 Å². The summed E-state index contributed by atoms with van der Waals surface area (Å²) in [4.78, 5) is 0. The molecule has 0 radical (unpaired) electrons. The van der Waals surface area contributed by atoms with Crippen LogP contribution in [0.15, 0.2) is 6.33 Å². The van der Waals surface area contributed by atoms with Crippen LogP contribution in [0.5, 0.6) is 0 Å². The fourth-order valence-corrected chi connectivity index (χ4v) is 1.44. The summed E-state index contributed by atoms with van der Waals surface area (Å²) in [5.41, 5.74) is 0. The van der Waals surface area contributed by atoms with Gasteiger partial charge in [-0.3, -0.25) is 4.57 Å². The number of fused-ring (bicyclic) bond motifs is 1. The van der Waals surface area contributed by atoms with Crippen LogP contribution in [0.1, 0.15) is 18.7 Å². The van der Waals surface area contributed by atoms with Crippen LogP contribution in [0.3, 0.4) is 0 Å². The predicted molar refractivity (Wildman–Crippen MR) is 38.3 cm³/mol. The van der Waals surface area contributed by atoms with Crippen molar-refractivity contribution in [3.05, 3.63) is 12.2 Å². The Morgan fingerprint density at radius 2 is 1.69 bits per heavy atom. The van der Waals surface area contributed by atoms with E-state index in [-0.39, 0.29) is 4.57 Å². The Morgan fingerprint density at radius 1 is 1.06 bits per heavy atom. The molecule has 0 aromatic carbocycles. The van der Waals surface area contributed by atoms with E-state index < -0.39 is 36.6 Å². The number of hydrogen-bond donors (Lipinski definition) is 0. The zero-order valence-electron chi connectivity index (χ0n) is 7.60. The highest BCUT2D eigenvalue weighted by Crippen LogP contribution is 2.50. The van der Waals surface area contributed by atoms with Crippen LogP contribution in [0.25, 0.3) is 0 Å². The van der Waals surface area contributed by atoms with Crippen LogP contribution >= 0.6 is 0 Å². The molecule has 0 saturated carbocycles. The normalized spacial score (nSPS) is 25.9. The maximum Gasteiger partial charge on any atom is 0.368 e. The second-order valence-corrected chi connectivity index (χ2v) is 3.47. The quantitative estimate of drug-likeness (QED) is 0.657. The van der Waals surface area contributed by atoms with Crippen molar-refractivity contribution in [2.45, 2.75) is 30.7 Å². The highest BCUT2D eigenvalue weighted by molar-refractivity contribution is 5.07. The zero-order chi connectivity index (χ0) is 12.2. The van der Waals surface area contributed by atoms with Gasteiger partial charge in [-0.05, 0) is 0 Å². The fraction of sp³-hybridized carbons (Fsp3) is 0.714. The molecule has 0 amide bonds. The maximum atomic E-state index is 13.2. The summed E-state index contributed by atoms with van der Waals surface area (Å²) >= 11 is 0. The van der Waals surface area contributed by atoms with Gasteiger partial charge in [-0.25, -0.2) is 0 Å². The summed E-state index contributed by atoms with van der Waals surface area (Å²) in [6, 6.07) is -3.83. The van der Waals surface area contributed by atoms with Gasteiger partial charge in [-0.2, -0.15) is 26.3 Å². The van der Waals surface area contributed by atoms with Gasteiger partial charge in [0.2, 0.25) is 5.82 Å². The number of rotatable bonds is 0. The topological polar surface area (TPSA) is 30.7 Å². The molecule has 1 aliphatic rings. The molecule has 0 fully saturated rings. The maximum absolute atomic E-state index is 13.2. The molecule has 0 saturated heterocycles. The largest absolute Gasteiger partial charge is 0.368 e. The Labute approximate surface area is 85.1 Å². The van der Waals surface area contributed by atoms with E-state index in [1.165, 1.54) is 0 Å². The Kier molecular flexibility index (Phi) is 2.02. The van der Waals surface area contributed by atoms with Gasteiger partial charge in [-0.15, -0.1) is 10.2 Å². The first-order valence-electron chi connectivity index (χ1n) is 4.23. The van der Waals surface area contributed by atoms with Gasteiger partial charge in [0, 0.05) is 12.8 Å². The molecule has 90 valence electrons. The molecule has 3 nitrogen and oxygen atoms in total. The molecule has 0 N–H and O–H groups in total. The predicted octanol–water partition coefficient (Wildman–Crippen LogP) is 2.35. The Bertz CT molecular complexity index is 412. The minimum atomic E-state index is -4.75. The van der Waals surface area contributed by atoms with Crippen molar-refractivity contribution >= 4 is 0 Å². The highest BCUT2D eigenvalue weighted by Gasteiger charge is 2.64. The molecule has 1 aromatic rings. The van der Waals surface area contributed by atoms with E-state index in [0.29, 0.717) is 6.33 Å². The molecule has 9 heteroatoms. The minimum Gasteiger partial charge on any atom is -0.251 e. The molecular formula is C7H5F6N3. The van der Waals surface area contributed by atoms with Crippen molar-refractivity contribution in [1.29, 1.82) is 0 Å². The number of halogens is 6. The summed E-state index contributed by atoms with van der Waals surface area (Å²) in [7, 11) is 0. The highest BCUT2D eigenvalue weighted by atomic mass is 19.3. The lowest BCUT2D eigenvalue weighted by Crippen LogP contribution is -2.38. The van der Waals surface area contributed by atoms with Crippen molar-refractivity contribution in [1.82, 2.24) is 14.8 Å². The first-order chi connectivity index (χ1) is 7.18. The third-order valence-corrected chi connectivity index (χ3v) is 2.38. The molecule has 1 aliphatic heterocycles. The number of nitrogens with zero attached hydrogens (tertiary/aromatic N) is 3. The van der Waals surface area contributed by atoms with Gasteiger partial charge in [-0.1, -0.05) is 0 Å². The summed E-state index contributed by atoms with van der Waals surface area (Å²) in [5, 5.41) is 5.49. The molecule has 1 aromatic heterocycles. The van der Waals surface area contributed by atoms with Crippen LogP contribution in [0, 0.1) is 0 Å². The molecule has 16 heavy (non-hydrogen) atoms. The molecule has 0 unspecified atom stereocenters. The van der Waals surface area contributed by atoms with Crippen molar-refractivity contribution < 1.29 is 26.3 Å². The molecular weight excluding hydrogens is 240 g/mol. The average molecular weight is 245 g/mol. The summed E-state index contributed by atoms with van der Waals surface area (Å²) in [5.74, 6) is -11.0. The van der Waals surface area contributed by atoms with Gasteiger partial charge >= 0.3 is 17.9 Å². The third kappa shape index (κ3) is 1.30. The summed E-state index contributed by atoms with van der Waals surface area (Å²) in [6.45, 7) is 0. The lowest BCUT2D eigenvalue weighted by atomic mass is 10.1. The van der Waals surface area contributed by atoms with Gasteiger partial charge < -0.3 is 0 Å². The zero-order valence-corrected chi connectivity index (χ0v) is 7.60. The Hall–Kier alpha value is -1.28. The smallest absolute Gasteiger partial charge is 0.251 e. The fourth-order valence-electron chi connectivity index (χ4n) is 1.44. The van der Waals surface area contributed by atoms with E-state index in [4.69, 9.17) is 0 Å². The monoisotopic (exact) mass is 245 g/mol. The van der Waals surface area contributed by atoms with Crippen LogP contribution < -0.4 is 0 Å². The first kappa shape index (κ1) is 11.2. The Morgan fingerprint density at radius 3 is 2.31 bits per heavy atom. The van der Waals surface area contributed by atoms with Crippen molar-refractivity contribution in [2.75, 3.05) is 0 Å². The molecule has 0 bridgehead atoms. The van der Waals surface area contributed by atoms with E-state index in [2.05, 4.69) is 10.2 Å². The summed E-state index contributed by atoms with van der Waals surface area (Å²) < 4.78 is 78.5. The third-order valence-electron chi connectivity index (χ3n) is 2.38. The van der Waals surface area contributed by atoms with E-state index >= 15 is 0 Å². The SMILES string of the molecule is FC1(F)CCC(F)(F)C(F)(F)c2nncn21. The van der Waals surface area contributed by atoms with E-state index in [9.17, 15) is 26.3 Å². The molecule has 0 atom stereocenters. The first-order valence-corrected chi connectivity index (χ1v) is 4.23. The van der Waals surface area contributed by atoms with Crippen LogP contribution in [0.4, 0.5) is 26.3 Å². The van der Waals surface area contributed by atoms with Crippen molar-refractivity contribution in [3.63, 3.8) is 0 Å². The molecule has 0 aliphatic carbocycles. The average Bonchev–Trinajstić information content (AvgIpc) is 2.61. The lowest BCUT2D eigenvalue weighted by molar-refractivity contribution is -0.222. The van der Waals surface area contributed by atoms with E-state index in [0.717, 1.165) is 0 Å². The number of hydrogen-bond acceptors (Lipinski definition) is 2. The van der Waals surface area contributed by atoms with Crippen LogP contribution in [0.2, 0.25) is 0 Å². The van der Waals surface area contributed by atoms with Crippen LogP contribution in [-0.4, -0.2) is 20.7 Å².